The molecule has 0 aromatic carbocycles. The molecule has 76 valence electrons. The van der Waals surface area contributed by atoms with E-state index in [-0.39, 0.29) is 0 Å². The number of halogens is 1. The van der Waals surface area contributed by atoms with Crippen molar-refractivity contribution in [2.24, 2.45) is 0 Å². The van der Waals surface area contributed by atoms with Crippen LogP contribution in [0.15, 0.2) is 23.4 Å². The van der Waals surface area contributed by atoms with Crippen molar-refractivity contribution in [3.8, 4) is 0 Å². The van der Waals surface area contributed by atoms with E-state index in [1.165, 1.54) is 12.8 Å². The molecule has 0 bridgehead atoms. The molecule has 2 heterocycles. The summed E-state index contributed by atoms with van der Waals surface area (Å²) in [4.78, 5) is 4.28. The molecule has 1 N–H and O–H groups in total. The molecule has 0 spiro atoms. The van der Waals surface area contributed by atoms with E-state index in [1.807, 2.05) is 23.9 Å². The summed E-state index contributed by atoms with van der Waals surface area (Å²) in [7, 11) is 0. The monoisotopic (exact) mass is 228 g/mol. The van der Waals surface area contributed by atoms with Crippen molar-refractivity contribution >= 4 is 23.4 Å². The van der Waals surface area contributed by atoms with Crippen molar-refractivity contribution in [3.05, 3.63) is 23.4 Å². The zero-order valence-electron chi connectivity index (χ0n) is 7.87. The summed E-state index contributed by atoms with van der Waals surface area (Å²) in [6.07, 6.45) is 4.26. The molecular weight excluding hydrogens is 216 g/mol. The van der Waals surface area contributed by atoms with Gasteiger partial charge >= 0.3 is 0 Å². The summed E-state index contributed by atoms with van der Waals surface area (Å²) in [5.41, 5.74) is 0. The van der Waals surface area contributed by atoms with E-state index in [0.29, 0.717) is 10.3 Å². The number of rotatable bonds is 2. The van der Waals surface area contributed by atoms with Crippen molar-refractivity contribution in [2.75, 3.05) is 13.1 Å². The van der Waals surface area contributed by atoms with Crippen LogP contribution in [0.1, 0.15) is 12.8 Å². The summed E-state index contributed by atoms with van der Waals surface area (Å²) in [5, 5.41) is 5.83. The van der Waals surface area contributed by atoms with E-state index in [1.54, 1.807) is 6.20 Å². The summed E-state index contributed by atoms with van der Waals surface area (Å²) in [6.45, 7) is 2.25. The highest BCUT2D eigenvalue weighted by atomic mass is 35.5. The molecular formula is C10H13ClN2S. The minimum atomic E-state index is 0.664. The minimum absolute atomic E-state index is 0.664. The first-order valence-corrected chi connectivity index (χ1v) is 6.09. The first-order valence-electron chi connectivity index (χ1n) is 4.83. The number of nitrogens with zero attached hydrogens (tertiary/aromatic N) is 1. The van der Waals surface area contributed by atoms with E-state index in [4.69, 9.17) is 11.6 Å². The molecule has 2 rings (SSSR count). The molecule has 0 amide bonds. The van der Waals surface area contributed by atoms with Crippen LogP contribution in [0.5, 0.6) is 0 Å². The lowest BCUT2D eigenvalue weighted by atomic mass is 10.2. The van der Waals surface area contributed by atoms with Gasteiger partial charge in [-0.1, -0.05) is 11.6 Å². The second-order valence-corrected chi connectivity index (χ2v) is 5.16. The Morgan fingerprint density at radius 2 is 2.43 bits per heavy atom. The smallest absolute Gasteiger partial charge is 0.0964 e. The van der Waals surface area contributed by atoms with Crippen molar-refractivity contribution in [2.45, 2.75) is 23.1 Å². The fourth-order valence-electron chi connectivity index (χ4n) is 1.52. The minimum Gasteiger partial charge on any atom is -0.316 e. The summed E-state index contributed by atoms with van der Waals surface area (Å²) in [5.74, 6) is 0. The van der Waals surface area contributed by atoms with E-state index in [0.717, 1.165) is 18.1 Å². The quantitative estimate of drug-likeness (QED) is 0.843. The lowest BCUT2D eigenvalue weighted by molar-refractivity contribution is 0.531. The third kappa shape index (κ3) is 2.87. The fourth-order valence-corrected chi connectivity index (χ4v) is 2.72. The van der Waals surface area contributed by atoms with Gasteiger partial charge in [-0.05, 0) is 31.5 Å². The Hall–Kier alpha value is -0.250. The lowest BCUT2D eigenvalue weighted by Crippen LogP contribution is -2.31. The average Bonchev–Trinajstić information content (AvgIpc) is 2.23. The topological polar surface area (TPSA) is 24.9 Å². The maximum Gasteiger partial charge on any atom is 0.0964 e. The largest absolute Gasteiger partial charge is 0.316 e. The summed E-state index contributed by atoms with van der Waals surface area (Å²) in [6, 6.07) is 3.88. The second kappa shape index (κ2) is 5.01. The predicted molar refractivity (Wildman–Crippen MR) is 61.0 cm³/mol. The number of hydrogen-bond acceptors (Lipinski definition) is 3. The second-order valence-electron chi connectivity index (χ2n) is 3.40. The molecule has 4 heteroatoms. The Kier molecular flexibility index (Phi) is 3.67. The summed E-state index contributed by atoms with van der Waals surface area (Å²) < 4.78 is 0. The molecule has 1 aliphatic rings. The van der Waals surface area contributed by atoms with Crippen LogP contribution in [0.3, 0.4) is 0 Å². The highest BCUT2D eigenvalue weighted by Crippen LogP contribution is 2.26. The van der Waals surface area contributed by atoms with E-state index in [2.05, 4.69) is 10.3 Å². The number of piperidine rings is 1. The average molecular weight is 229 g/mol. The number of aromatic nitrogens is 1. The Balaban J connectivity index is 1.92. The van der Waals surface area contributed by atoms with Gasteiger partial charge in [0.15, 0.2) is 0 Å². The van der Waals surface area contributed by atoms with Gasteiger partial charge in [-0.15, -0.1) is 11.8 Å². The van der Waals surface area contributed by atoms with Crippen LogP contribution < -0.4 is 5.32 Å². The molecule has 0 radical (unpaired) electrons. The van der Waals surface area contributed by atoms with Crippen LogP contribution in [0.4, 0.5) is 0 Å². The number of nitrogens with one attached hydrogen (secondary N) is 1. The maximum absolute atomic E-state index is 5.77. The normalized spacial score (nSPS) is 22.2. The van der Waals surface area contributed by atoms with Gasteiger partial charge in [0.2, 0.25) is 0 Å². The van der Waals surface area contributed by atoms with Gasteiger partial charge in [0, 0.05) is 18.0 Å². The van der Waals surface area contributed by atoms with E-state index in [9.17, 15) is 0 Å². The Bertz CT molecular complexity index is 283. The molecule has 1 aromatic rings. The first-order chi connectivity index (χ1) is 6.84. The van der Waals surface area contributed by atoms with Crippen molar-refractivity contribution in [1.29, 1.82) is 0 Å². The third-order valence-corrected chi connectivity index (χ3v) is 3.68. The number of thioether (sulfide) groups is 1. The van der Waals surface area contributed by atoms with Crippen molar-refractivity contribution in [1.82, 2.24) is 10.3 Å². The van der Waals surface area contributed by atoms with Gasteiger partial charge < -0.3 is 5.32 Å². The Labute approximate surface area is 93.4 Å². The molecule has 1 aromatic heterocycles. The predicted octanol–water partition coefficient (Wildman–Crippen LogP) is 2.58. The van der Waals surface area contributed by atoms with E-state index < -0.39 is 0 Å². The molecule has 1 unspecified atom stereocenters. The van der Waals surface area contributed by atoms with Gasteiger partial charge in [0.1, 0.15) is 0 Å². The van der Waals surface area contributed by atoms with Crippen LogP contribution in [0, 0.1) is 0 Å². The lowest BCUT2D eigenvalue weighted by Gasteiger charge is -2.21. The highest BCUT2D eigenvalue weighted by Gasteiger charge is 2.14. The van der Waals surface area contributed by atoms with Gasteiger partial charge in [-0.3, -0.25) is 0 Å². The zero-order chi connectivity index (χ0) is 9.80. The van der Waals surface area contributed by atoms with E-state index >= 15 is 0 Å². The van der Waals surface area contributed by atoms with Crippen molar-refractivity contribution < 1.29 is 0 Å². The van der Waals surface area contributed by atoms with Crippen LogP contribution in [-0.4, -0.2) is 23.3 Å². The number of hydrogen-bond donors (Lipinski definition) is 1. The number of pyridine rings is 1. The van der Waals surface area contributed by atoms with Gasteiger partial charge in [-0.2, -0.15) is 0 Å². The molecule has 0 aliphatic carbocycles. The van der Waals surface area contributed by atoms with Gasteiger partial charge in [-0.25, -0.2) is 4.98 Å². The molecule has 1 aliphatic heterocycles. The first kappa shape index (κ1) is 10.3. The Morgan fingerprint density at radius 1 is 1.50 bits per heavy atom. The third-order valence-electron chi connectivity index (χ3n) is 2.24. The Morgan fingerprint density at radius 3 is 3.07 bits per heavy atom. The standard InChI is InChI=1S/C10H13ClN2S/c11-8-3-4-10(13-6-8)14-9-2-1-5-12-7-9/h3-4,6,9,12H,1-2,5,7H2. The molecule has 2 nitrogen and oxygen atoms in total. The van der Waals surface area contributed by atoms with Crippen LogP contribution in [0.25, 0.3) is 0 Å². The van der Waals surface area contributed by atoms with Gasteiger partial charge in [0.25, 0.3) is 0 Å². The fraction of sp³-hybridized carbons (Fsp3) is 0.500. The van der Waals surface area contributed by atoms with Crippen LogP contribution in [-0.2, 0) is 0 Å². The molecule has 1 fully saturated rings. The maximum atomic E-state index is 5.77. The highest BCUT2D eigenvalue weighted by molar-refractivity contribution is 7.99. The van der Waals surface area contributed by atoms with Gasteiger partial charge in [0.05, 0.1) is 10.0 Å². The summed E-state index contributed by atoms with van der Waals surface area (Å²) >= 11 is 7.61. The molecule has 14 heavy (non-hydrogen) atoms. The SMILES string of the molecule is Clc1ccc(SC2CCCNC2)nc1. The van der Waals surface area contributed by atoms with Crippen molar-refractivity contribution in [3.63, 3.8) is 0 Å². The molecule has 1 atom stereocenters. The van der Waals surface area contributed by atoms with Crippen LogP contribution in [0.2, 0.25) is 5.02 Å². The zero-order valence-corrected chi connectivity index (χ0v) is 9.44. The molecule has 1 saturated heterocycles. The van der Waals surface area contributed by atoms with Crippen LogP contribution >= 0.6 is 23.4 Å². The molecule has 0 saturated carbocycles.